The maximum atomic E-state index is 12.7. The van der Waals surface area contributed by atoms with E-state index in [1.165, 1.54) is 6.07 Å². The number of halogens is 3. The number of fused-ring (bicyclic) bond motifs is 1. The summed E-state index contributed by atoms with van der Waals surface area (Å²) in [6, 6.07) is 3.17. The van der Waals surface area contributed by atoms with Crippen LogP contribution in [0.2, 0.25) is 0 Å². The minimum atomic E-state index is -4.91. The first-order chi connectivity index (χ1) is 15.4. The third-order valence-corrected chi connectivity index (χ3v) is 6.82. The smallest absolute Gasteiger partial charge is 0.404 e. The van der Waals surface area contributed by atoms with E-state index < -0.39 is 27.9 Å². The topological polar surface area (TPSA) is 126 Å². The van der Waals surface area contributed by atoms with Crippen molar-refractivity contribution in [3.8, 4) is 0 Å². The minimum Gasteiger partial charge on any atom is -0.461 e. The van der Waals surface area contributed by atoms with Crippen molar-refractivity contribution in [3.05, 3.63) is 22.7 Å². The minimum absolute atomic E-state index is 0.00869. The molecule has 0 saturated carbocycles. The summed E-state index contributed by atoms with van der Waals surface area (Å²) in [6.45, 7) is 3.77. The monoisotopic (exact) mass is 506 g/mol. The summed E-state index contributed by atoms with van der Waals surface area (Å²) in [4.78, 5) is 13.6. The molecule has 1 unspecified atom stereocenters. The zero-order valence-electron chi connectivity index (χ0n) is 17.9. The molecule has 0 fully saturated rings. The predicted octanol–water partition coefficient (Wildman–Crippen LogP) is 4.21. The van der Waals surface area contributed by atoms with Gasteiger partial charge in [-0.1, -0.05) is 11.3 Å². The van der Waals surface area contributed by atoms with E-state index in [-0.39, 0.29) is 34.2 Å². The largest absolute Gasteiger partial charge is 0.461 e. The molecular weight excluding hydrogens is 485 g/mol. The van der Waals surface area contributed by atoms with Crippen molar-refractivity contribution in [3.63, 3.8) is 0 Å². The van der Waals surface area contributed by atoms with E-state index in [2.05, 4.69) is 20.4 Å². The number of sulfonamides is 1. The van der Waals surface area contributed by atoms with Crippen LogP contribution in [0.5, 0.6) is 0 Å². The number of azo groups is 1. The number of anilines is 2. The highest BCUT2D eigenvalue weighted by atomic mass is 32.2. The van der Waals surface area contributed by atoms with Gasteiger partial charge in [0, 0.05) is 18.8 Å². The van der Waals surface area contributed by atoms with Gasteiger partial charge in [-0.05, 0) is 44.4 Å². The number of rotatable bonds is 7. The first-order valence-electron chi connectivity index (χ1n) is 9.78. The lowest BCUT2D eigenvalue weighted by Crippen LogP contribution is -2.33. The Morgan fingerprint density at radius 3 is 2.73 bits per heavy atom. The van der Waals surface area contributed by atoms with E-state index in [9.17, 15) is 26.4 Å². The van der Waals surface area contributed by atoms with Crippen molar-refractivity contribution in [2.45, 2.75) is 38.9 Å². The van der Waals surface area contributed by atoms with Crippen LogP contribution < -0.4 is 9.62 Å². The van der Waals surface area contributed by atoms with Crippen molar-refractivity contribution in [1.82, 2.24) is 10.2 Å². The zero-order valence-corrected chi connectivity index (χ0v) is 19.5. The van der Waals surface area contributed by atoms with E-state index in [4.69, 9.17) is 4.74 Å². The molecule has 0 bridgehead atoms. The molecule has 0 saturated heterocycles. The Kier molecular flexibility index (Phi) is 7.21. The second-order valence-electron chi connectivity index (χ2n) is 7.28. The average Bonchev–Trinajstić information content (AvgIpc) is 3.17. The van der Waals surface area contributed by atoms with Crippen molar-refractivity contribution in [2.75, 3.05) is 29.0 Å². The molecule has 1 N–H and O–H groups in total. The number of ether oxygens (including phenoxy) is 1. The summed E-state index contributed by atoms with van der Waals surface area (Å²) in [5.41, 5.74) is 1.37. The van der Waals surface area contributed by atoms with E-state index in [1.807, 2.05) is 23.6 Å². The van der Waals surface area contributed by atoms with Gasteiger partial charge in [-0.15, -0.1) is 20.4 Å². The molecule has 10 nitrogen and oxygen atoms in total. The summed E-state index contributed by atoms with van der Waals surface area (Å²) in [6.07, 6.45) is -3.41. The standard InChI is InChI=1S/C18H21F3N6O4S2/c1-4-31-16(28)15-23-25-17(32-15)24-22-12-7-11-6-5-10(2)27(3)14(11)8-13(12)26-33(29,30)9-18(19,20)21/h7-8,10,26H,4-6,9H2,1-3H3. The third kappa shape index (κ3) is 6.37. The van der Waals surface area contributed by atoms with Crippen LogP contribution in [0, 0.1) is 0 Å². The van der Waals surface area contributed by atoms with Crippen LogP contribution in [-0.4, -0.2) is 56.2 Å². The van der Waals surface area contributed by atoms with Crippen molar-refractivity contribution < 1.29 is 31.1 Å². The maximum absolute atomic E-state index is 12.7. The molecule has 180 valence electrons. The molecule has 2 aromatic rings. The molecule has 1 aromatic heterocycles. The number of hydrogen-bond donors (Lipinski definition) is 1. The highest BCUT2D eigenvalue weighted by Crippen LogP contribution is 2.39. The molecule has 1 aliphatic heterocycles. The predicted molar refractivity (Wildman–Crippen MR) is 116 cm³/mol. The summed E-state index contributed by atoms with van der Waals surface area (Å²) in [5, 5.41) is 15.2. The number of carbonyl (C=O) groups excluding carboxylic acids is 1. The molecule has 0 aliphatic carbocycles. The highest BCUT2D eigenvalue weighted by molar-refractivity contribution is 7.92. The Bertz CT molecular complexity index is 1170. The van der Waals surface area contributed by atoms with Gasteiger partial charge >= 0.3 is 12.1 Å². The van der Waals surface area contributed by atoms with Crippen LogP contribution in [0.3, 0.4) is 0 Å². The highest BCUT2D eigenvalue weighted by Gasteiger charge is 2.36. The Labute approximate surface area is 191 Å². The summed E-state index contributed by atoms with van der Waals surface area (Å²) in [5.74, 6) is -2.72. The fourth-order valence-electron chi connectivity index (χ4n) is 3.16. The Hall–Kier alpha value is -2.81. The van der Waals surface area contributed by atoms with Crippen LogP contribution in [0.15, 0.2) is 22.4 Å². The molecule has 0 spiro atoms. The summed E-state index contributed by atoms with van der Waals surface area (Å²) >= 11 is 0.804. The molecule has 1 atom stereocenters. The van der Waals surface area contributed by atoms with Crippen molar-refractivity contribution in [1.29, 1.82) is 0 Å². The van der Waals surface area contributed by atoms with Crippen LogP contribution in [0.25, 0.3) is 0 Å². The van der Waals surface area contributed by atoms with E-state index in [0.717, 1.165) is 23.3 Å². The van der Waals surface area contributed by atoms with Gasteiger partial charge in [0.15, 0.2) is 5.75 Å². The number of carbonyl (C=O) groups is 1. The SMILES string of the molecule is CCOC(=O)c1nnc(N=Nc2cc3c(cc2NS(=O)(=O)CC(F)(F)F)N(C)C(C)CC3)s1. The number of benzene rings is 1. The number of hydrogen-bond acceptors (Lipinski definition) is 10. The molecule has 3 rings (SSSR count). The first-order valence-corrected chi connectivity index (χ1v) is 12.2. The number of aryl methyl sites for hydroxylation is 1. The Morgan fingerprint density at radius 1 is 1.33 bits per heavy atom. The number of aromatic nitrogens is 2. The zero-order chi connectivity index (χ0) is 24.4. The molecule has 1 aliphatic rings. The van der Waals surface area contributed by atoms with E-state index in [0.29, 0.717) is 12.1 Å². The molecular formula is C18H21F3N6O4S2. The average molecular weight is 507 g/mol. The molecule has 15 heteroatoms. The number of esters is 1. The fraction of sp³-hybridized carbons (Fsp3) is 0.500. The molecule has 2 heterocycles. The second kappa shape index (κ2) is 9.59. The normalized spacial score (nSPS) is 16.7. The van der Waals surface area contributed by atoms with Gasteiger partial charge < -0.3 is 9.64 Å². The van der Waals surface area contributed by atoms with Crippen LogP contribution in [0.1, 0.15) is 35.6 Å². The lowest BCUT2D eigenvalue weighted by atomic mass is 9.96. The summed E-state index contributed by atoms with van der Waals surface area (Å²) < 4.78 is 69.1. The summed E-state index contributed by atoms with van der Waals surface area (Å²) in [7, 11) is -2.94. The van der Waals surface area contributed by atoms with Gasteiger partial charge in [0.1, 0.15) is 5.69 Å². The third-order valence-electron chi connectivity index (χ3n) is 4.80. The van der Waals surface area contributed by atoms with Gasteiger partial charge in [0.25, 0.3) is 5.13 Å². The lowest BCUT2D eigenvalue weighted by Gasteiger charge is -2.34. The molecule has 33 heavy (non-hydrogen) atoms. The van der Waals surface area contributed by atoms with Gasteiger partial charge in [0.05, 0.1) is 12.3 Å². The molecule has 0 radical (unpaired) electrons. The Morgan fingerprint density at radius 2 is 2.06 bits per heavy atom. The fourth-order valence-corrected chi connectivity index (χ4v) is 4.72. The quantitative estimate of drug-likeness (QED) is 0.440. The van der Waals surface area contributed by atoms with Gasteiger partial charge in [0.2, 0.25) is 15.0 Å². The number of alkyl halides is 3. The first kappa shape index (κ1) is 24.8. The van der Waals surface area contributed by atoms with Crippen LogP contribution in [0.4, 0.5) is 35.4 Å². The molecule has 1 aromatic carbocycles. The van der Waals surface area contributed by atoms with Gasteiger partial charge in [-0.3, -0.25) is 4.72 Å². The van der Waals surface area contributed by atoms with Gasteiger partial charge in [-0.2, -0.15) is 13.2 Å². The van der Waals surface area contributed by atoms with Crippen molar-refractivity contribution in [2.24, 2.45) is 10.2 Å². The van der Waals surface area contributed by atoms with E-state index in [1.54, 1.807) is 13.0 Å². The Balaban J connectivity index is 1.97. The maximum Gasteiger partial charge on any atom is 0.404 e. The number of nitrogens with one attached hydrogen (secondary N) is 1. The van der Waals surface area contributed by atoms with Crippen LogP contribution >= 0.6 is 11.3 Å². The lowest BCUT2D eigenvalue weighted by molar-refractivity contribution is -0.106. The number of nitrogens with zero attached hydrogens (tertiary/aromatic N) is 5. The van der Waals surface area contributed by atoms with E-state index >= 15 is 0 Å². The second-order valence-corrected chi connectivity index (χ2v) is 9.96. The van der Waals surface area contributed by atoms with Crippen molar-refractivity contribution >= 4 is 49.5 Å². The molecule has 0 amide bonds. The van der Waals surface area contributed by atoms with Gasteiger partial charge in [-0.25, -0.2) is 13.2 Å². The van der Waals surface area contributed by atoms with Crippen LogP contribution in [-0.2, 0) is 21.2 Å².